The molecule has 4 N–H and O–H groups in total. The van der Waals surface area contributed by atoms with Gasteiger partial charge in [0.05, 0.1) is 35.6 Å². The highest BCUT2D eigenvalue weighted by Gasteiger charge is 2.20. The summed E-state index contributed by atoms with van der Waals surface area (Å²) < 4.78 is 1.69. The zero-order valence-corrected chi connectivity index (χ0v) is 17.8. The van der Waals surface area contributed by atoms with Crippen molar-refractivity contribution in [2.24, 2.45) is 0 Å². The second kappa shape index (κ2) is 7.58. The van der Waals surface area contributed by atoms with Crippen LogP contribution in [-0.4, -0.2) is 45.9 Å². The Morgan fingerprint density at radius 3 is 2.30 bits per heavy atom. The standard InChI is InChI=1S/C26H22N4O3/c31-12-10-27-20-14-16-6-3-9-19-22(16)24(23(20)28-11-13-32)30-25(29-19)17-7-1-4-15-5-2-8-18(21(15)17)26(30)33/h1-9,14,27-28,31-32H,10-13H2. The van der Waals surface area contributed by atoms with Crippen molar-refractivity contribution in [1.29, 1.82) is 0 Å². The first-order chi connectivity index (χ1) is 16.2. The molecule has 0 aliphatic rings. The van der Waals surface area contributed by atoms with E-state index in [1.807, 2.05) is 60.7 Å². The molecule has 164 valence electrons. The van der Waals surface area contributed by atoms with Gasteiger partial charge in [-0.25, -0.2) is 4.98 Å². The molecule has 33 heavy (non-hydrogen) atoms. The van der Waals surface area contributed by atoms with E-state index in [0.717, 1.165) is 38.1 Å². The normalized spacial score (nSPS) is 11.9. The van der Waals surface area contributed by atoms with Crippen LogP contribution in [0.3, 0.4) is 0 Å². The molecule has 0 saturated carbocycles. The summed E-state index contributed by atoms with van der Waals surface area (Å²) in [5.74, 6) is 0. The van der Waals surface area contributed by atoms with Crippen molar-refractivity contribution in [2.45, 2.75) is 0 Å². The summed E-state index contributed by atoms with van der Waals surface area (Å²) in [7, 11) is 0. The molecular weight excluding hydrogens is 416 g/mol. The highest BCUT2D eigenvalue weighted by atomic mass is 16.3. The molecule has 0 radical (unpaired) electrons. The summed E-state index contributed by atoms with van der Waals surface area (Å²) in [6.07, 6.45) is 0. The number of hydrogen-bond donors (Lipinski definition) is 4. The minimum Gasteiger partial charge on any atom is -0.395 e. The van der Waals surface area contributed by atoms with E-state index in [2.05, 4.69) is 10.6 Å². The van der Waals surface area contributed by atoms with E-state index in [-0.39, 0.29) is 18.8 Å². The third kappa shape index (κ3) is 2.83. The van der Waals surface area contributed by atoms with Gasteiger partial charge in [-0.05, 0) is 29.0 Å². The molecule has 6 rings (SSSR count). The number of benzene rings is 4. The fraction of sp³-hybridized carbons (Fsp3) is 0.154. The van der Waals surface area contributed by atoms with Crippen LogP contribution in [0.2, 0.25) is 0 Å². The summed E-state index contributed by atoms with van der Waals surface area (Å²) in [5, 5.41) is 30.8. The lowest BCUT2D eigenvalue weighted by Crippen LogP contribution is -2.19. The van der Waals surface area contributed by atoms with Crippen LogP contribution in [0.15, 0.2) is 65.5 Å². The summed E-state index contributed by atoms with van der Waals surface area (Å²) in [6.45, 7) is 0.581. The van der Waals surface area contributed by atoms with E-state index in [9.17, 15) is 15.0 Å². The Bertz CT molecular complexity index is 1720. The van der Waals surface area contributed by atoms with E-state index >= 15 is 0 Å². The van der Waals surface area contributed by atoms with Gasteiger partial charge in [-0.15, -0.1) is 0 Å². The molecule has 0 bridgehead atoms. The lowest BCUT2D eigenvalue weighted by Gasteiger charge is -2.20. The van der Waals surface area contributed by atoms with E-state index in [0.29, 0.717) is 35.3 Å². The first-order valence-electron chi connectivity index (χ1n) is 11.0. The molecule has 0 aliphatic heterocycles. The van der Waals surface area contributed by atoms with Crippen LogP contribution in [0, 0.1) is 0 Å². The number of hydrogen-bond acceptors (Lipinski definition) is 6. The van der Waals surface area contributed by atoms with Crippen LogP contribution in [0.1, 0.15) is 0 Å². The van der Waals surface area contributed by atoms with Gasteiger partial charge in [-0.1, -0.05) is 42.5 Å². The smallest absolute Gasteiger partial charge is 0.264 e. The molecule has 0 amide bonds. The topological polar surface area (TPSA) is 98.9 Å². The first kappa shape index (κ1) is 19.7. The van der Waals surface area contributed by atoms with Gasteiger partial charge in [0.15, 0.2) is 0 Å². The first-order valence-corrected chi connectivity index (χ1v) is 11.0. The van der Waals surface area contributed by atoms with Gasteiger partial charge < -0.3 is 20.8 Å². The molecule has 6 aromatic rings. The highest BCUT2D eigenvalue weighted by molar-refractivity contribution is 6.20. The number of aliphatic hydroxyl groups excluding tert-OH is 2. The third-order valence-corrected chi connectivity index (χ3v) is 6.20. The molecule has 0 unspecified atom stereocenters. The minimum atomic E-state index is -0.139. The van der Waals surface area contributed by atoms with Gasteiger partial charge in [-0.2, -0.15) is 0 Å². The van der Waals surface area contributed by atoms with E-state index in [4.69, 9.17) is 4.98 Å². The second-order valence-corrected chi connectivity index (χ2v) is 8.11. The highest BCUT2D eigenvalue weighted by Crippen LogP contribution is 2.39. The van der Waals surface area contributed by atoms with Gasteiger partial charge in [-0.3, -0.25) is 9.20 Å². The quantitative estimate of drug-likeness (QED) is 0.235. The van der Waals surface area contributed by atoms with E-state index < -0.39 is 0 Å². The summed E-state index contributed by atoms with van der Waals surface area (Å²) in [4.78, 5) is 18.9. The van der Waals surface area contributed by atoms with Crippen LogP contribution >= 0.6 is 0 Å². The van der Waals surface area contributed by atoms with Crippen LogP contribution < -0.4 is 16.2 Å². The number of nitrogens with zero attached hydrogens (tertiary/aromatic N) is 2. The molecule has 7 heteroatoms. The average Bonchev–Trinajstić information content (AvgIpc) is 2.85. The van der Waals surface area contributed by atoms with Gasteiger partial charge in [0.2, 0.25) is 0 Å². The third-order valence-electron chi connectivity index (χ3n) is 6.20. The molecule has 7 nitrogen and oxygen atoms in total. The number of rotatable bonds is 6. The fourth-order valence-electron chi connectivity index (χ4n) is 4.90. The zero-order valence-electron chi connectivity index (χ0n) is 17.8. The molecule has 4 aromatic carbocycles. The van der Waals surface area contributed by atoms with Crippen molar-refractivity contribution in [3.63, 3.8) is 0 Å². The number of fused-ring (bicyclic) bond motifs is 3. The van der Waals surface area contributed by atoms with E-state index in [1.165, 1.54) is 0 Å². The minimum absolute atomic E-state index is 0.0302. The zero-order chi connectivity index (χ0) is 22.5. The average molecular weight is 438 g/mol. The van der Waals surface area contributed by atoms with Crippen LogP contribution in [-0.2, 0) is 0 Å². The van der Waals surface area contributed by atoms with Crippen LogP contribution in [0.25, 0.3) is 49.0 Å². The Labute approximate surface area is 188 Å². The largest absolute Gasteiger partial charge is 0.395 e. The summed E-state index contributed by atoms with van der Waals surface area (Å²) in [6, 6.07) is 19.7. The molecular formula is C26H22N4O3. The summed E-state index contributed by atoms with van der Waals surface area (Å²) in [5.41, 5.74) is 3.40. The Balaban J connectivity index is 1.91. The van der Waals surface area contributed by atoms with Crippen LogP contribution in [0.4, 0.5) is 11.4 Å². The molecule has 0 aliphatic carbocycles. The second-order valence-electron chi connectivity index (χ2n) is 8.11. The van der Waals surface area contributed by atoms with Crippen molar-refractivity contribution < 1.29 is 10.2 Å². The number of nitrogens with one attached hydrogen (secondary N) is 2. The predicted octanol–water partition coefficient (Wildman–Crippen LogP) is 3.55. The number of pyridine rings is 1. The van der Waals surface area contributed by atoms with Crippen molar-refractivity contribution in [3.05, 3.63) is 71.0 Å². The Kier molecular flexibility index (Phi) is 4.53. The lowest BCUT2D eigenvalue weighted by atomic mass is 10.0. The molecule has 0 saturated heterocycles. The van der Waals surface area contributed by atoms with Gasteiger partial charge in [0.25, 0.3) is 5.56 Å². The van der Waals surface area contributed by atoms with Crippen LogP contribution in [0.5, 0.6) is 0 Å². The molecule has 0 atom stereocenters. The van der Waals surface area contributed by atoms with Gasteiger partial charge in [0, 0.05) is 34.6 Å². The maximum absolute atomic E-state index is 13.9. The number of aromatic nitrogens is 2. The molecule has 0 spiro atoms. The number of anilines is 2. The Morgan fingerprint density at radius 2 is 1.52 bits per heavy atom. The van der Waals surface area contributed by atoms with Crippen molar-refractivity contribution in [3.8, 4) is 0 Å². The maximum Gasteiger partial charge on any atom is 0.264 e. The molecule has 2 aromatic heterocycles. The van der Waals surface area contributed by atoms with E-state index in [1.54, 1.807) is 4.40 Å². The summed E-state index contributed by atoms with van der Waals surface area (Å²) >= 11 is 0. The SMILES string of the molecule is O=c1c2cccc3cccc(c32)c2nc3cccc4cc(NCCO)c(NCCO)c(c43)n12. The van der Waals surface area contributed by atoms with Gasteiger partial charge >= 0.3 is 0 Å². The lowest BCUT2D eigenvalue weighted by molar-refractivity contribution is 0.310. The molecule has 2 heterocycles. The number of aliphatic hydroxyl groups is 2. The maximum atomic E-state index is 13.9. The van der Waals surface area contributed by atoms with Crippen molar-refractivity contribution >= 4 is 60.4 Å². The molecule has 0 fully saturated rings. The monoisotopic (exact) mass is 438 g/mol. The fourth-order valence-corrected chi connectivity index (χ4v) is 4.90. The Morgan fingerprint density at radius 1 is 0.818 bits per heavy atom. The van der Waals surface area contributed by atoms with Gasteiger partial charge in [0.1, 0.15) is 5.65 Å². The van der Waals surface area contributed by atoms with Crippen molar-refractivity contribution in [2.75, 3.05) is 36.9 Å². The van der Waals surface area contributed by atoms with Crippen molar-refractivity contribution in [1.82, 2.24) is 9.38 Å². The predicted molar refractivity (Wildman–Crippen MR) is 134 cm³/mol. The Hall–Kier alpha value is -3.94.